The maximum Gasteiger partial charge on any atom is 0.244 e. The number of carbonyl (C=O) groups is 2. The number of benzene rings is 2. The Labute approximate surface area is 266 Å². The van der Waals surface area contributed by atoms with Gasteiger partial charge in [-0.25, -0.2) is 19.9 Å². The monoisotopic (exact) mass is 619 g/mol. The van der Waals surface area contributed by atoms with Gasteiger partial charge in [0.05, 0.1) is 22.9 Å². The van der Waals surface area contributed by atoms with Crippen LogP contribution in [-0.4, -0.2) is 40.1 Å². The number of pyridine rings is 2. The predicted molar refractivity (Wildman–Crippen MR) is 180 cm³/mol. The fourth-order valence-corrected chi connectivity index (χ4v) is 4.60. The summed E-state index contributed by atoms with van der Waals surface area (Å²) in [5, 5.41) is -0.509. The zero-order chi connectivity index (χ0) is 32.3. The summed E-state index contributed by atoms with van der Waals surface area (Å²) in [6.45, 7) is 12.1. The molecule has 0 bridgehead atoms. The van der Waals surface area contributed by atoms with Gasteiger partial charge in [-0.2, -0.15) is 0 Å². The Morgan fingerprint density at radius 2 is 1.22 bits per heavy atom. The quantitative estimate of drug-likeness (QED) is 0.155. The van der Waals surface area contributed by atoms with Crippen LogP contribution in [0.5, 0.6) is 0 Å². The second-order valence-corrected chi connectivity index (χ2v) is 10.5. The summed E-state index contributed by atoms with van der Waals surface area (Å²) < 4.78 is 4.26. The predicted octanol–water partition coefficient (Wildman–Crippen LogP) is 6.39. The zero-order valence-corrected chi connectivity index (χ0v) is 26.0. The molecule has 0 spiro atoms. The van der Waals surface area contributed by atoms with Crippen LogP contribution in [-0.2, 0) is 29.1 Å². The molecule has 10 heteroatoms. The van der Waals surface area contributed by atoms with Crippen molar-refractivity contribution in [2.75, 3.05) is 5.73 Å². The van der Waals surface area contributed by atoms with E-state index in [4.69, 9.17) is 17.3 Å². The smallest absolute Gasteiger partial charge is 0.244 e. The summed E-state index contributed by atoms with van der Waals surface area (Å²) in [4.78, 5) is 38.6. The molecule has 2 N–H and O–H groups in total. The van der Waals surface area contributed by atoms with Crippen LogP contribution in [0.3, 0.4) is 0 Å². The van der Waals surface area contributed by atoms with Gasteiger partial charge in [0.1, 0.15) is 11.6 Å². The molecule has 4 aromatic heterocycles. The SMILES string of the molecule is C=CC(=O)Cc1cnc2nc(C)n(Cc3ccccc3)c2c1.C=CC(=O)Cl.Cc1nc2ncc(N)cc2n1Cc1ccccc1. The molecular formula is C35H34ClN7O2. The van der Waals surface area contributed by atoms with Gasteiger partial charge < -0.3 is 14.9 Å². The Hall–Kier alpha value is -5.41. The van der Waals surface area contributed by atoms with Crippen molar-refractivity contribution >= 4 is 50.6 Å². The number of nitrogens with zero attached hydrogens (tertiary/aromatic N) is 6. The van der Waals surface area contributed by atoms with E-state index in [1.54, 1.807) is 12.4 Å². The lowest BCUT2D eigenvalue weighted by Gasteiger charge is -2.07. The number of hydrogen-bond donors (Lipinski definition) is 1. The number of imidazole rings is 2. The molecule has 0 saturated heterocycles. The second kappa shape index (κ2) is 15.4. The van der Waals surface area contributed by atoms with Gasteiger partial charge in [-0.1, -0.05) is 73.8 Å². The summed E-state index contributed by atoms with van der Waals surface area (Å²) in [6.07, 6.45) is 6.06. The highest BCUT2D eigenvalue weighted by Gasteiger charge is 2.11. The van der Waals surface area contributed by atoms with Crippen molar-refractivity contribution in [2.24, 2.45) is 0 Å². The van der Waals surface area contributed by atoms with Crippen molar-refractivity contribution in [1.82, 2.24) is 29.1 Å². The zero-order valence-electron chi connectivity index (χ0n) is 25.2. The Balaban J connectivity index is 0.000000181. The molecule has 0 fully saturated rings. The second-order valence-electron chi connectivity index (χ2n) is 10.1. The highest BCUT2D eigenvalue weighted by molar-refractivity contribution is 6.66. The molecule has 2 aromatic carbocycles. The number of nitrogen functional groups attached to an aromatic ring is 1. The first-order chi connectivity index (χ1) is 21.7. The Morgan fingerprint density at radius 1 is 0.756 bits per heavy atom. The summed E-state index contributed by atoms with van der Waals surface area (Å²) in [5.41, 5.74) is 13.2. The van der Waals surface area contributed by atoms with E-state index in [2.05, 4.69) is 66.5 Å². The summed E-state index contributed by atoms with van der Waals surface area (Å²) in [7, 11) is 0. The number of nitrogens with two attached hydrogens (primary N) is 1. The van der Waals surface area contributed by atoms with E-state index < -0.39 is 5.24 Å². The van der Waals surface area contributed by atoms with Gasteiger partial charge in [-0.3, -0.25) is 9.59 Å². The number of ketones is 1. The highest BCUT2D eigenvalue weighted by atomic mass is 35.5. The van der Waals surface area contributed by atoms with E-state index in [0.29, 0.717) is 17.8 Å². The van der Waals surface area contributed by atoms with E-state index in [-0.39, 0.29) is 5.78 Å². The number of carbonyl (C=O) groups excluding carboxylic acids is 2. The Bertz CT molecular complexity index is 1950. The van der Waals surface area contributed by atoms with Crippen molar-refractivity contribution in [3.8, 4) is 0 Å². The molecule has 0 amide bonds. The molecule has 6 aromatic rings. The topological polar surface area (TPSA) is 122 Å². The fraction of sp³-hybridized carbons (Fsp3) is 0.143. The average Bonchev–Trinajstić information content (AvgIpc) is 3.52. The molecule has 45 heavy (non-hydrogen) atoms. The number of fused-ring (bicyclic) bond motifs is 2. The largest absolute Gasteiger partial charge is 0.397 e. The van der Waals surface area contributed by atoms with Crippen molar-refractivity contribution in [2.45, 2.75) is 33.4 Å². The number of aromatic nitrogens is 6. The minimum absolute atomic E-state index is 0.00741. The van der Waals surface area contributed by atoms with Crippen LogP contribution in [0.1, 0.15) is 28.3 Å². The minimum Gasteiger partial charge on any atom is -0.397 e. The third-order valence-electron chi connectivity index (χ3n) is 6.80. The van der Waals surface area contributed by atoms with Crippen LogP contribution >= 0.6 is 11.6 Å². The summed E-state index contributed by atoms with van der Waals surface area (Å²) >= 11 is 4.71. The van der Waals surface area contributed by atoms with Crippen LogP contribution in [0.2, 0.25) is 0 Å². The molecule has 0 radical (unpaired) electrons. The Kier molecular flexibility index (Phi) is 11.1. The van der Waals surface area contributed by atoms with Gasteiger partial charge in [-0.15, -0.1) is 0 Å². The molecule has 228 valence electrons. The molecule has 9 nitrogen and oxygen atoms in total. The van der Waals surface area contributed by atoms with E-state index in [1.807, 2.05) is 62.4 Å². The van der Waals surface area contributed by atoms with Gasteiger partial charge in [0.25, 0.3) is 0 Å². The van der Waals surface area contributed by atoms with Crippen LogP contribution in [0.4, 0.5) is 5.69 Å². The molecule has 0 saturated carbocycles. The molecule has 0 aliphatic carbocycles. The van der Waals surface area contributed by atoms with Crippen molar-refractivity contribution < 1.29 is 9.59 Å². The summed E-state index contributed by atoms with van der Waals surface area (Å²) in [6, 6.07) is 24.4. The van der Waals surface area contributed by atoms with Crippen LogP contribution in [0, 0.1) is 13.8 Å². The van der Waals surface area contributed by atoms with Gasteiger partial charge in [0, 0.05) is 25.7 Å². The molecule has 4 heterocycles. The molecule has 0 aliphatic rings. The van der Waals surface area contributed by atoms with Gasteiger partial charge in [-0.05, 0) is 66.4 Å². The van der Waals surface area contributed by atoms with Crippen molar-refractivity contribution in [3.63, 3.8) is 0 Å². The van der Waals surface area contributed by atoms with Gasteiger partial charge >= 0.3 is 0 Å². The normalized spacial score (nSPS) is 10.4. The standard InChI is InChI=1S/C18H17N3O.C14H14N4.C3H3ClO/c1-3-16(22)9-15-10-17-18(19-11-15)20-13(2)21(17)12-14-7-5-4-6-8-14;1-10-17-14-13(7-12(15)8-16-14)18(10)9-11-5-3-2-4-6-11;1-2-3(4)5/h3-8,10-11H,1,9,12H2,2H3;2-8H,9,15H2,1H3;2H,1H2. The van der Waals surface area contributed by atoms with E-state index in [9.17, 15) is 9.59 Å². The van der Waals surface area contributed by atoms with Crippen LogP contribution in [0.15, 0.2) is 111 Å². The maximum atomic E-state index is 11.5. The van der Waals surface area contributed by atoms with E-state index in [1.165, 1.54) is 17.2 Å². The van der Waals surface area contributed by atoms with Crippen LogP contribution in [0.25, 0.3) is 22.3 Å². The van der Waals surface area contributed by atoms with E-state index in [0.717, 1.165) is 53.1 Å². The number of halogens is 1. The lowest BCUT2D eigenvalue weighted by molar-refractivity contribution is -0.114. The molecule has 0 unspecified atom stereocenters. The Morgan fingerprint density at radius 3 is 1.69 bits per heavy atom. The number of aryl methyl sites for hydroxylation is 2. The van der Waals surface area contributed by atoms with Crippen molar-refractivity contribution in [3.05, 3.63) is 139 Å². The molecule has 0 aliphatic heterocycles. The average molecular weight is 620 g/mol. The third-order valence-corrected chi connectivity index (χ3v) is 6.96. The van der Waals surface area contributed by atoms with Gasteiger partial charge in [0.15, 0.2) is 17.1 Å². The van der Waals surface area contributed by atoms with Gasteiger partial charge in [0.2, 0.25) is 5.24 Å². The highest BCUT2D eigenvalue weighted by Crippen LogP contribution is 2.19. The first-order valence-corrected chi connectivity index (χ1v) is 14.5. The maximum absolute atomic E-state index is 11.5. The number of rotatable bonds is 8. The fourth-order valence-electron chi connectivity index (χ4n) is 4.60. The third kappa shape index (κ3) is 8.81. The number of allylic oxidation sites excluding steroid dienone is 2. The molecular weight excluding hydrogens is 586 g/mol. The van der Waals surface area contributed by atoms with Crippen molar-refractivity contribution in [1.29, 1.82) is 0 Å². The minimum atomic E-state index is -0.509. The lowest BCUT2D eigenvalue weighted by Crippen LogP contribution is -2.03. The summed E-state index contributed by atoms with van der Waals surface area (Å²) in [5.74, 6) is 1.86. The lowest BCUT2D eigenvalue weighted by atomic mass is 10.1. The van der Waals surface area contributed by atoms with Crippen LogP contribution < -0.4 is 5.73 Å². The molecule has 6 rings (SSSR count). The molecule has 0 atom stereocenters. The first-order valence-electron chi connectivity index (χ1n) is 14.1. The number of hydrogen-bond acceptors (Lipinski definition) is 7. The number of anilines is 1. The van der Waals surface area contributed by atoms with E-state index >= 15 is 0 Å². The first kappa shape index (κ1) is 32.5.